The van der Waals surface area contributed by atoms with Crippen LogP contribution in [0.4, 0.5) is 18.9 Å². The first-order valence-corrected chi connectivity index (χ1v) is 9.17. The molecule has 0 radical (unpaired) electrons. The van der Waals surface area contributed by atoms with Gasteiger partial charge in [0.05, 0.1) is 0 Å². The van der Waals surface area contributed by atoms with Crippen LogP contribution in [0.15, 0.2) is 35.6 Å². The first-order valence-electron chi connectivity index (χ1n) is 9.17. The fourth-order valence-electron chi connectivity index (χ4n) is 3.56. The van der Waals surface area contributed by atoms with Crippen LogP contribution in [0.25, 0.3) is 0 Å². The van der Waals surface area contributed by atoms with Gasteiger partial charge in [0.15, 0.2) is 5.96 Å². The highest BCUT2D eigenvalue weighted by Crippen LogP contribution is 2.40. The van der Waals surface area contributed by atoms with Gasteiger partial charge in [0, 0.05) is 38.1 Å². The van der Waals surface area contributed by atoms with Crippen LogP contribution in [0, 0.1) is 0 Å². The highest BCUT2D eigenvalue weighted by Gasteiger charge is 2.57. The van der Waals surface area contributed by atoms with E-state index >= 15 is 0 Å². The second kappa shape index (κ2) is 7.83. The summed E-state index contributed by atoms with van der Waals surface area (Å²) in [6.45, 7) is -0.309. The number of hydrogen-bond donors (Lipinski definition) is 3. The van der Waals surface area contributed by atoms with E-state index in [1.165, 1.54) is 30.6 Å². The summed E-state index contributed by atoms with van der Waals surface area (Å²) in [6.07, 6.45) is 1.16. The highest BCUT2D eigenvalue weighted by atomic mass is 19.4. The van der Waals surface area contributed by atoms with Gasteiger partial charge in [0.25, 0.3) is 0 Å². The van der Waals surface area contributed by atoms with Crippen LogP contribution in [0.5, 0.6) is 0 Å². The third-order valence-corrected chi connectivity index (χ3v) is 5.07. The van der Waals surface area contributed by atoms with Crippen molar-refractivity contribution in [3.8, 4) is 0 Å². The number of nitrogens with two attached hydrogens (primary N) is 1. The normalized spacial score (nSPS) is 17.1. The van der Waals surface area contributed by atoms with Crippen molar-refractivity contribution in [2.75, 3.05) is 11.9 Å². The Morgan fingerprint density at radius 3 is 2.75 bits per heavy atom. The lowest BCUT2D eigenvalue weighted by Crippen LogP contribution is -2.45. The molecule has 1 aliphatic rings. The van der Waals surface area contributed by atoms with Crippen molar-refractivity contribution in [2.24, 2.45) is 17.8 Å². The Kier molecular flexibility index (Phi) is 5.64. The lowest BCUT2D eigenvalue weighted by atomic mass is 9.90. The molecule has 1 unspecified atom stereocenters. The Morgan fingerprint density at radius 2 is 2.07 bits per heavy atom. The molecule has 152 valence electrons. The Labute approximate surface area is 161 Å². The van der Waals surface area contributed by atoms with E-state index in [2.05, 4.69) is 21.4 Å². The van der Waals surface area contributed by atoms with E-state index in [-0.39, 0.29) is 12.5 Å². The highest BCUT2D eigenvalue weighted by molar-refractivity contribution is 5.93. The molecule has 28 heavy (non-hydrogen) atoms. The number of aryl methyl sites for hydroxylation is 2. The minimum absolute atomic E-state index is 0.0170. The number of aliphatic hydroxyl groups is 1. The second-order valence-electron chi connectivity index (χ2n) is 7.01. The average molecular weight is 395 g/mol. The van der Waals surface area contributed by atoms with Crippen LogP contribution in [-0.2, 0) is 25.5 Å². The molecule has 6 nitrogen and oxygen atoms in total. The van der Waals surface area contributed by atoms with E-state index < -0.39 is 24.0 Å². The molecule has 1 aliphatic carbocycles. The van der Waals surface area contributed by atoms with E-state index in [0.717, 1.165) is 35.9 Å². The zero-order valence-corrected chi connectivity index (χ0v) is 15.6. The Morgan fingerprint density at radius 1 is 1.32 bits per heavy atom. The molecule has 0 fully saturated rings. The minimum Gasteiger partial charge on any atom is -0.374 e. The maximum Gasteiger partial charge on any atom is 0.424 e. The number of aromatic nitrogens is 2. The summed E-state index contributed by atoms with van der Waals surface area (Å²) >= 11 is 0. The van der Waals surface area contributed by atoms with Crippen molar-refractivity contribution in [3.63, 3.8) is 0 Å². The summed E-state index contributed by atoms with van der Waals surface area (Å²) in [4.78, 5) is 7.66. The maximum absolute atomic E-state index is 13.5. The molecule has 0 spiro atoms. The number of aliphatic imine (C=N–C) groups is 1. The molecule has 1 aromatic carbocycles. The van der Waals surface area contributed by atoms with Gasteiger partial charge in [-0.25, -0.2) is 4.98 Å². The van der Waals surface area contributed by atoms with Crippen LogP contribution in [0.2, 0.25) is 0 Å². The summed E-state index contributed by atoms with van der Waals surface area (Å²) in [6, 6.07) is 5.87. The molecule has 0 saturated carbocycles. The molecule has 1 heterocycles. The fraction of sp³-hybridized carbons (Fsp3) is 0.474. The minimum atomic E-state index is -4.89. The number of halogens is 3. The molecular weight excluding hydrogens is 371 g/mol. The topological polar surface area (TPSA) is 88.5 Å². The zero-order valence-electron chi connectivity index (χ0n) is 15.6. The van der Waals surface area contributed by atoms with Crippen molar-refractivity contribution >= 4 is 11.6 Å². The summed E-state index contributed by atoms with van der Waals surface area (Å²) in [5, 5.41) is 13.3. The number of hydrogen-bond acceptors (Lipinski definition) is 3. The standard InChI is InChI=1S/C19H24F3N5O/c1-27-12-11-24-16(27)18(28,19(20,21)22)9-10-25-17(23)26-15-8-4-6-13-5-2-3-7-14(13)15/h4,6,8,11-12,28H,2-3,5,7,9-10H2,1H3,(H3,23,25,26). The van der Waals surface area contributed by atoms with Gasteiger partial charge in [-0.2, -0.15) is 13.2 Å². The summed E-state index contributed by atoms with van der Waals surface area (Å²) in [5.41, 5.74) is 6.04. The van der Waals surface area contributed by atoms with Gasteiger partial charge in [-0.1, -0.05) is 12.1 Å². The number of nitrogens with one attached hydrogen (secondary N) is 1. The predicted octanol–water partition coefficient (Wildman–Crippen LogP) is 2.87. The van der Waals surface area contributed by atoms with Gasteiger partial charge >= 0.3 is 6.18 Å². The van der Waals surface area contributed by atoms with Crippen LogP contribution >= 0.6 is 0 Å². The fourth-order valence-corrected chi connectivity index (χ4v) is 3.56. The molecule has 0 saturated heterocycles. The van der Waals surface area contributed by atoms with E-state index in [9.17, 15) is 18.3 Å². The third-order valence-electron chi connectivity index (χ3n) is 5.07. The van der Waals surface area contributed by atoms with Crippen LogP contribution in [-0.4, -0.2) is 33.3 Å². The molecule has 0 amide bonds. The lowest BCUT2D eigenvalue weighted by Gasteiger charge is -2.29. The molecule has 9 heteroatoms. The quantitative estimate of drug-likeness (QED) is 0.537. The number of guanidine groups is 1. The SMILES string of the molecule is Cn1ccnc1C(O)(CCN=C(N)Nc1cccc2c1CCCC2)C(F)(F)F. The molecule has 1 atom stereocenters. The average Bonchev–Trinajstić information content (AvgIpc) is 3.07. The monoisotopic (exact) mass is 395 g/mol. The molecule has 2 aromatic rings. The first-order chi connectivity index (χ1) is 13.2. The van der Waals surface area contributed by atoms with Crippen LogP contribution < -0.4 is 11.1 Å². The van der Waals surface area contributed by atoms with Crippen molar-refractivity contribution in [2.45, 2.75) is 43.9 Å². The molecule has 1 aromatic heterocycles. The van der Waals surface area contributed by atoms with Crippen molar-refractivity contribution in [1.82, 2.24) is 9.55 Å². The van der Waals surface area contributed by atoms with Crippen molar-refractivity contribution in [3.05, 3.63) is 47.5 Å². The van der Waals surface area contributed by atoms with Gasteiger partial charge < -0.3 is 20.7 Å². The zero-order chi connectivity index (χ0) is 20.4. The smallest absolute Gasteiger partial charge is 0.374 e. The Bertz CT molecular complexity index is 861. The van der Waals surface area contributed by atoms with Crippen molar-refractivity contribution in [1.29, 1.82) is 0 Å². The number of imidazole rings is 1. The van der Waals surface area contributed by atoms with Gasteiger partial charge in [-0.3, -0.25) is 4.99 Å². The van der Waals surface area contributed by atoms with Gasteiger partial charge in [-0.05, 0) is 42.9 Å². The van der Waals surface area contributed by atoms with E-state index in [4.69, 9.17) is 5.73 Å². The Balaban J connectivity index is 1.72. The first kappa shape index (κ1) is 20.2. The van der Waals surface area contributed by atoms with Gasteiger partial charge in [-0.15, -0.1) is 0 Å². The number of fused-ring (bicyclic) bond motifs is 1. The van der Waals surface area contributed by atoms with Crippen molar-refractivity contribution < 1.29 is 18.3 Å². The maximum atomic E-state index is 13.5. The number of nitrogens with zero attached hydrogens (tertiary/aromatic N) is 3. The largest absolute Gasteiger partial charge is 0.424 e. The van der Waals surface area contributed by atoms with Crippen LogP contribution in [0.1, 0.15) is 36.2 Å². The molecule has 0 bridgehead atoms. The predicted molar refractivity (Wildman–Crippen MR) is 101 cm³/mol. The Hall–Kier alpha value is -2.55. The molecular formula is C19H24F3N5O. The summed E-state index contributed by atoms with van der Waals surface area (Å²) in [7, 11) is 1.40. The second-order valence-corrected chi connectivity index (χ2v) is 7.01. The summed E-state index contributed by atoms with van der Waals surface area (Å²) < 4.78 is 41.7. The third kappa shape index (κ3) is 3.99. The van der Waals surface area contributed by atoms with Gasteiger partial charge in [0.1, 0.15) is 5.82 Å². The number of alkyl halides is 3. The number of anilines is 1. The lowest BCUT2D eigenvalue weighted by molar-refractivity contribution is -0.272. The summed E-state index contributed by atoms with van der Waals surface area (Å²) in [5.74, 6) is -0.456. The van der Waals surface area contributed by atoms with Crippen LogP contribution in [0.3, 0.4) is 0 Å². The van der Waals surface area contributed by atoms with E-state index in [0.29, 0.717) is 0 Å². The van der Waals surface area contributed by atoms with E-state index in [1.54, 1.807) is 0 Å². The van der Waals surface area contributed by atoms with E-state index in [1.807, 2.05) is 12.1 Å². The number of benzene rings is 1. The molecule has 3 rings (SSSR count). The molecule has 4 N–H and O–H groups in total. The number of rotatable bonds is 5. The van der Waals surface area contributed by atoms with Gasteiger partial charge in [0.2, 0.25) is 5.60 Å². The molecule has 0 aliphatic heterocycles.